The van der Waals surface area contributed by atoms with Crippen molar-refractivity contribution < 1.29 is 18.7 Å². The summed E-state index contributed by atoms with van der Waals surface area (Å²) in [4.78, 5) is 11.3. The number of halogens is 1. The van der Waals surface area contributed by atoms with Gasteiger partial charge in [-0.05, 0) is 54.4 Å². The first-order valence-electron chi connectivity index (χ1n) is 7.34. The first-order valence-corrected chi connectivity index (χ1v) is 7.34. The van der Waals surface area contributed by atoms with E-state index in [4.69, 9.17) is 4.74 Å². The summed E-state index contributed by atoms with van der Waals surface area (Å²) in [5.41, 5.74) is 2.42. The van der Waals surface area contributed by atoms with Crippen LogP contribution in [0, 0.1) is 5.82 Å². The fraction of sp³-hybridized carbons (Fsp3) is 0.278. The van der Waals surface area contributed by atoms with Gasteiger partial charge in [0, 0.05) is 6.54 Å². The van der Waals surface area contributed by atoms with Gasteiger partial charge < -0.3 is 14.8 Å². The molecule has 0 amide bonds. The Labute approximate surface area is 135 Å². The van der Waals surface area contributed by atoms with Gasteiger partial charge in [0.05, 0.1) is 19.8 Å². The maximum atomic E-state index is 13.3. The second kappa shape index (κ2) is 8.29. The normalized spacial score (nSPS) is 10.4. The average Bonchev–Trinajstić information content (AvgIpc) is 2.58. The standard InChI is InChI=1S/C18H20FNO3/c1-22-17-8-7-16(19)11-15(17)9-10-20-12-13-3-5-14(6-4-13)18(21)23-2/h3-8,11,20H,9-10,12H2,1-2H3. The first kappa shape index (κ1) is 17.0. The molecule has 0 aromatic heterocycles. The average molecular weight is 317 g/mol. The van der Waals surface area contributed by atoms with Gasteiger partial charge in [-0.2, -0.15) is 0 Å². The van der Waals surface area contributed by atoms with Gasteiger partial charge in [0.15, 0.2) is 0 Å². The fourth-order valence-corrected chi connectivity index (χ4v) is 2.27. The van der Waals surface area contributed by atoms with Crippen LogP contribution < -0.4 is 10.1 Å². The molecule has 0 atom stereocenters. The molecule has 0 saturated carbocycles. The van der Waals surface area contributed by atoms with Gasteiger partial charge in [0.2, 0.25) is 0 Å². The summed E-state index contributed by atoms with van der Waals surface area (Å²) in [6.45, 7) is 1.36. The minimum atomic E-state index is -0.345. The number of methoxy groups -OCH3 is 2. The van der Waals surface area contributed by atoms with Crippen LogP contribution in [0.15, 0.2) is 42.5 Å². The Morgan fingerprint density at radius 1 is 1.13 bits per heavy atom. The molecule has 2 aromatic carbocycles. The molecule has 5 heteroatoms. The molecule has 2 aromatic rings. The number of hydrogen-bond acceptors (Lipinski definition) is 4. The van der Waals surface area contributed by atoms with E-state index in [1.54, 1.807) is 25.3 Å². The van der Waals surface area contributed by atoms with Crippen LogP contribution in [-0.2, 0) is 17.7 Å². The Bertz CT molecular complexity index is 656. The van der Waals surface area contributed by atoms with Gasteiger partial charge in [-0.3, -0.25) is 0 Å². The molecule has 122 valence electrons. The third kappa shape index (κ3) is 4.79. The van der Waals surface area contributed by atoms with Gasteiger partial charge in [-0.1, -0.05) is 12.1 Å². The lowest BCUT2D eigenvalue weighted by molar-refractivity contribution is 0.0600. The predicted octanol–water partition coefficient (Wildman–Crippen LogP) is 2.95. The molecule has 0 unspecified atom stereocenters. The van der Waals surface area contributed by atoms with Crippen LogP contribution in [0.1, 0.15) is 21.5 Å². The molecule has 0 aliphatic rings. The van der Waals surface area contributed by atoms with E-state index >= 15 is 0 Å². The summed E-state index contributed by atoms with van der Waals surface area (Å²) < 4.78 is 23.2. The number of carbonyl (C=O) groups excluding carboxylic acids is 1. The van der Waals surface area contributed by atoms with Crippen LogP contribution in [0.3, 0.4) is 0 Å². The number of nitrogens with one attached hydrogen (secondary N) is 1. The molecule has 0 heterocycles. The van der Waals surface area contributed by atoms with Crippen LogP contribution in [-0.4, -0.2) is 26.7 Å². The largest absolute Gasteiger partial charge is 0.496 e. The summed E-state index contributed by atoms with van der Waals surface area (Å²) in [6, 6.07) is 11.7. The summed E-state index contributed by atoms with van der Waals surface area (Å²) in [5.74, 6) is 0.0811. The van der Waals surface area contributed by atoms with Crippen LogP contribution in [0.5, 0.6) is 5.75 Å². The van der Waals surface area contributed by atoms with E-state index in [9.17, 15) is 9.18 Å². The maximum Gasteiger partial charge on any atom is 0.337 e. The van der Waals surface area contributed by atoms with Gasteiger partial charge >= 0.3 is 5.97 Å². The highest BCUT2D eigenvalue weighted by molar-refractivity contribution is 5.89. The van der Waals surface area contributed by atoms with Crippen molar-refractivity contribution in [2.75, 3.05) is 20.8 Å². The van der Waals surface area contributed by atoms with Crippen LogP contribution in [0.25, 0.3) is 0 Å². The summed E-state index contributed by atoms with van der Waals surface area (Å²) in [7, 11) is 2.94. The SMILES string of the molecule is COC(=O)c1ccc(CNCCc2cc(F)ccc2OC)cc1. The second-order valence-electron chi connectivity index (χ2n) is 5.07. The Morgan fingerprint density at radius 2 is 1.87 bits per heavy atom. The van der Waals surface area contributed by atoms with E-state index in [0.717, 1.165) is 11.1 Å². The van der Waals surface area contributed by atoms with E-state index in [1.807, 2.05) is 12.1 Å². The van der Waals surface area contributed by atoms with E-state index in [2.05, 4.69) is 10.1 Å². The third-order valence-electron chi connectivity index (χ3n) is 3.52. The highest BCUT2D eigenvalue weighted by Crippen LogP contribution is 2.19. The number of ether oxygens (including phenoxy) is 2. The third-order valence-corrected chi connectivity index (χ3v) is 3.52. The zero-order valence-electron chi connectivity index (χ0n) is 13.3. The van der Waals surface area contributed by atoms with Crippen molar-refractivity contribution in [3.05, 3.63) is 65.0 Å². The molecule has 0 spiro atoms. The molecule has 2 rings (SSSR count). The van der Waals surface area contributed by atoms with Gasteiger partial charge in [0.1, 0.15) is 11.6 Å². The number of hydrogen-bond donors (Lipinski definition) is 1. The molecule has 0 fully saturated rings. The first-order chi connectivity index (χ1) is 11.1. The van der Waals surface area contributed by atoms with Crippen LogP contribution >= 0.6 is 0 Å². The molecule has 0 radical (unpaired) electrons. The number of carbonyl (C=O) groups is 1. The Kier molecular flexibility index (Phi) is 6.11. The van der Waals surface area contributed by atoms with E-state index < -0.39 is 0 Å². The van der Waals surface area contributed by atoms with Gasteiger partial charge in [-0.15, -0.1) is 0 Å². The molecule has 0 aliphatic carbocycles. The van der Waals surface area contributed by atoms with Crippen molar-refractivity contribution in [2.24, 2.45) is 0 Å². The number of esters is 1. The van der Waals surface area contributed by atoms with E-state index in [0.29, 0.717) is 30.8 Å². The van der Waals surface area contributed by atoms with Crippen molar-refractivity contribution in [3.63, 3.8) is 0 Å². The van der Waals surface area contributed by atoms with Gasteiger partial charge in [-0.25, -0.2) is 9.18 Å². The lowest BCUT2D eigenvalue weighted by Crippen LogP contribution is -2.17. The topological polar surface area (TPSA) is 47.6 Å². The smallest absolute Gasteiger partial charge is 0.337 e. The zero-order chi connectivity index (χ0) is 16.7. The highest BCUT2D eigenvalue weighted by Gasteiger charge is 2.06. The molecule has 0 aliphatic heterocycles. The minimum absolute atomic E-state index is 0.265. The second-order valence-corrected chi connectivity index (χ2v) is 5.07. The van der Waals surface area contributed by atoms with E-state index in [1.165, 1.54) is 19.2 Å². The summed E-state index contributed by atoms with van der Waals surface area (Å²) >= 11 is 0. The Morgan fingerprint density at radius 3 is 2.52 bits per heavy atom. The zero-order valence-corrected chi connectivity index (χ0v) is 13.3. The molecule has 1 N–H and O–H groups in total. The summed E-state index contributed by atoms with van der Waals surface area (Å²) in [5, 5.41) is 3.29. The van der Waals surface area contributed by atoms with Crippen molar-refractivity contribution in [3.8, 4) is 5.75 Å². The lowest BCUT2D eigenvalue weighted by atomic mass is 10.1. The van der Waals surface area contributed by atoms with Crippen molar-refractivity contribution in [1.29, 1.82) is 0 Å². The quantitative estimate of drug-likeness (QED) is 0.630. The maximum absolute atomic E-state index is 13.3. The molecule has 0 saturated heterocycles. The lowest BCUT2D eigenvalue weighted by Gasteiger charge is -2.09. The molecule has 4 nitrogen and oxygen atoms in total. The Hall–Kier alpha value is -2.40. The number of rotatable bonds is 7. The van der Waals surface area contributed by atoms with Crippen molar-refractivity contribution in [1.82, 2.24) is 5.32 Å². The number of benzene rings is 2. The van der Waals surface area contributed by atoms with Crippen LogP contribution in [0.4, 0.5) is 4.39 Å². The van der Waals surface area contributed by atoms with Crippen molar-refractivity contribution in [2.45, 2.75) is 13.0 Å². The summed E-state index contributed by atoms with van der Waals surface area (Å²) in [6.07, 6.45) is 0.668. The highest BCUT2D eigenvalue weighted by atomic mass is 19.1. The molecule has 23 heavy (non-hydrogen) atoms. The van der Waals surface area contributed by atoms with Crippen LogP contribution in [0.2, 0.25) is 0 Å². The molecule has 0 bridgehead atoms. The fourth-order valence-electron chi connectivity index (χ4n) is 2.27. The Balaban J connectivity index is 1.84. The van der Waals surface area contributed by atoms with E-state index in [-0.39, 0.29) is 11.8 Å². The van der Waals surface area contributed by atoms with Gasteiger partial charge in [0.25, 0.3) is 0 Å². The predicted molar refractivity (Wildman–Crippen MR) is 86.1 cm³/mol. The minimum Gasteiger partial charge on any atom is -0.496 e. The monoisotopic (exact) mass is 317 g/mol. The van der Waals surface area contributed by atoms with Crippen molar-refractivity contribution >= 4 is 5.97 Å². The molecular weight excluding hydrogens is 297 g/mol. The molecular formula is C18H20FNO3.